The summed E-state index contributed by atoms with van der Waals surface area (Å²) >= 11 is 3.54. The first-order valence-electron chi connectivity index (χ1n) is 5.85. The van der Waals surface area contributed by atoms with Crippen molar-refractivity contribution in [1.82, 2.24) is 0 Å². The topological polar surface area (TPSA) is 20.2 Å². The SMILES string of the molecule is Cc1cc(O)cc2c1CC(CCBr)C2(C)C. The molecule has 1 N–H and O–H groups in total. The number of aromatic hydroxyl groups is 1. The van der Waals surface area contributed by atoms with Gasteiger partial charge in [-0.15, -0.1) is 0 Å². The van der Waals surface area contributed by atoms with E-state index >= 15 is 0 Å². The molecule has 0 spiro atoms. The van der Waals surface area contributed by atoms with Crippen LogP contribution in [0.25, 0.3) is 0 Å². The molecule has 1 aromatic carbocycles. The highest BCUT2D eigenvalue weighted by Gasteiger charge is 2.39. The Balaban J connectivity index is 2.48. The number of rotatable bonds is 2. The first-order valence-corrected chi connectivity index (χ1v) is 6.98. The second kappa shape index (κ2) is 4.06. The smallest absolute Gasteiger partial charge is 0.116 e. The van der Waals surface area contributed by atoms with Gasteiger partial charge in [0.25, 0.3) is 0 Å². The van der Waals surface area contributed by atoms with Gasteiger partial charge in [0.2, 0.25) is 0 Å². The maximum absolute atomic E-state index is 9.72. The summed E-state index contributed by atoms with van der Waals surface area (Å²) in [5, 5.41) is 10.8. The third-order valence-electron chi connectivity index (χ3n) is 4.08. The van der Waals surface area contributed by atoms with E-state index in [0.29, 0.717) is 11.7 Å². The minimum absolute atomic E-state index is 0.187. The van der Waals surface area contributed by atoms with Crippen molar-refractivity contribution in [3.63, 3.8) is 0 Å². The van der Waals surface area contributed by atoms with Crippen LogP contribution >= 0.6 is 15.9 Å². The summed E-state index contributed by atoms with van der Waals surface area (Å²) < 4.78 is 0. The van der Waals surface area contributed by atoms with Crippen LogP contribution < -0.4 is 0 Å². The van der Waals surface area contributed by atoms with Crippen molar-refractivity contribution in [2.45, 2.75) is 39.0 Å². The molecule has 0 radical (unpaired) electrons. The summed E-state index contributed by atoms with van der Waals surface area (Å²) in [6, 6.07) is 3.84. The fourth-order valence-electron chi connectivity index (χ4n) is 2.96. The maximum atomic E-state index is 9.72. The standard InChI is InChI=1S/C14H19BrO/c1-9-6-11(16)8-13-12(9)7-10(4-5-15)14(13,2)3/h6,8,10,16H,4-5,7H2,1-3H3. The molecule has 2 heteroatoms. The van der Waals surface area contributed by atoms with Gasteiger partial charge in [0.05, 0.1) is 0 Å². The number of fused-ring (bicyclic) bond motifs is 1. The van der Waals surface area contributed by atoms with Crippen molar-refractivity contribution in [2.75, 3.05) is 5.33 Å². The van der Waals surface area contributed by atoms with Gasteiger partial charge in [-0.1, -0.05) is 29.8 Å². The molecule has 1 unspecified atom stereocenters. The number of benzene rings is 1. The molecule has 0 fully saturated rings. The van der Waals surface area contributed by atoms with Crippen molar-refractivity contribution in [1.29, 1.82) is 0 Å². The zero-order valence-electron chi connectivity index (χ0n) is 10.2. The molecule has 1 aromatic rings. The van der Waals surface area contributed by atoms with E-state index in [4.69, 9.17) is 0 Å². The lowest BCUT2D eigenvalue weighted by atomic mass is 9.77. The molecule has 0 amide bonds. The molecule has 0 saturated carbocycles. The average molecular weight is 283 g/mol. The molecule has 88 valence electrons. The molecule has 0 heterocycles. The van der Waals surface area contributed by atoms with Crippen molar-refractivity contribution >= 4 is 15.9 Å². The molecule has 1 nitrogen and oxygen atoms in total. The summed E-state index contributed by atoms with van der Waals surface area (Å²) in [7, 11) is 0. The van der Waals surface area contributed by atoms with Crippen LogP contribution in [0.4, 0.5) is 0 Å². The largest absolute Gasteiger partial charge is 0.508 e. The highest BCUT2D eigenvalue weighted by atomic mass is 79.9. The van der Waals surface area contributed by atoms with Crippen molar-refractivity contribution in [2.24, 2.45) is 5.92 Å². The lowest BCUT2D eigenvalue weighted by Crippen LogP contribution is -2.24. The minimum Gasteiger partial charge on any atom is -0.508 e. The zero-order valence-corrected chi connectivity index (χ0v) is 11.8. The van der Waals surface area contributed by atoms with Crippen LogP contribution in [0.3, 0.4) is 0 Å². The number of hydrogen-bond acceptors (Lipinski definition) is 1. The first kappa shape index (κ1) is 12.0. The summed E-state index contributed by atoms with van der Waals surface area (Å²) in [5.41, 5.74) is 4.22. The van der Waals surface area contributed by atoms with Crippen LogP contribution in [0.2, 0.25) is 0 Å². The number of halogens is 1. The Hall–Kier alpha value is -0.500. The number of aryl methyl sites for hydroxylation is 1. The summed E-state index contributed by atoms with van der Waals surface area (Å²) in [6.45, 7) is 6.70. The molecule has 0 aromatic heterocycles. The van der Waals surface area contributed by atoms with E-state index in [1.165, 1.54) is 23.1 Å². The van der Waals surface area contributed by atoms with E-state index in [-0.39, 0.29) is 5.41 Å². The Morgan fingerprint density at radius 2 is 2.12 bits per heavy atom. The molecule has 16 heavy (non-hydrogen) atoms. The van der Waals surface area contributed by atoms with Crippen LogP contribution in [0.15, 0.2) is 12.1 Å². The van der Waals surface area contributed by atoms with E-state index in [1.807, 2.05) is 12.1 Å². The first-order chi connectivity index (χ1) is 7.46. The predicted octanol–water partition coefficient (Wildman–Crippen LogP) is 3.94. The number of hydrogen-bond donors (Lipinski definition) is 1. The maximum Gasteiger partial charge on any atom is 0.116 e. The van der Waals surface area contributed by atoms with Gasteiger partial charge in [-0.2, -0.15) is 0 Å². The monoisotopic (exact) mass is 282 g/mol. The van der Waals surface area contributed by atoms with Crippen molar-refractivity contribution in [3.8, 4) is 5.75 Å². The fourth-order valence-corrected chi connectivity index (χ4v) is 3.51. The highest BCUT2D eigenvalue weighted by Crippen LogP contribution is 2.46. The number of phenols is 1. The van der Waals surface area contributed by atoms with E-state index in [0.717, 1.165) is 11.8 Å². The van der Waals surface area contributed by atoms with Gasteiger partial charge in [-0.05, 0) is 59.9 Å². The van der Waals surface area contributed by atoms with Crippen LogP contribution in [0.5, 0.6) is 5.75 Å². The van der Waals surface area contributed by atoms with Crippen LogP contribution in [-0.2, 0) is 11.8 Å². The van der Waals surface area contributed by atoms with E-state index in [2.05, 4.69) is 36.7 Å². The Labute approximate surface area is 106 Å². The Morgan fingerprint density at radius 1 is 1.44 bits per heavy atom. The average Bonchev–Trinajstić information content (AvgIpc) is 2.42. The lowest BCUT2D eigenvalue weighted by Gasteiger charge is -2.28. The Kier molecular flexibility index (Phi) is 3.04. The van der Waals surface area contributed by atoms with Crippen LogP contribution in [-0.4, -0.2) is 10.4 Å². The van der Waals surface area contributed by atoms with Gasteiger partial charge >= 0.3 is 0 Å². The van der Waals surface area contributed by atoms with Crippen molar-refractivity contribution in [3.05, 3.63) is 28.8 Å². The lowest BCUT2D eigenvalue weighted by molar-refractivity contribution is 0.341. The van der Waals surface area contributed by atoms with Gasteiger partial charge < -0.3 is 5.11 Å². The molecule has 0 saturated heterocycles. The van der Waals surface area contributed by atoms with Gasteiger partial charge in [-0.25, -0.2) is 0 Å². The molecule has 1 atom stereocenters. The van der Waals surface area contributed by atoms with Crippen molar-refractivity contribution < 1.29 is 5.11 Å². The van der Waals surface area contributed by atoms with Gasteiger partial charge in [0, 0.05) is 5.33 Å². The second-order valence-electron chi connectivity index (χ2n) is 5.39. The third kappa shape index (κ3) is 1.77. The van der Waals surface area contributed by atoms with Gasteiger partial charge in [0.15, 0.2) is 0 Å². The van der Waals surface area contributed by atoms with E-state index in [9.17, 15) is 5.11 Å². The van der Waals surface area contributed by atoms with Gasteiger partial charge in [0.1, 0.15) is 5.75 Å². The molecular formula is C14H19BrO. The normalized spacial score (nSPS) is 22.1. The molecule has 1 aliphatic carbocycles. The zero-order chi connectivity index (χ0) is 11.9. The third-order valence-corrected chi connectivity index (χ3v) is 4.54. The van der Waals surface area contributed by atoms with Gasteiger partial charge in [-0.3, -0.25) is 0 Å². The Bertz CT molecular complexity index is 409. The molecular weight excluding hydrogens is 264 g/mol. The highest BCUT2D eigenvalue weighted by molar-refractivity contribution is 9.09. The van der Waals surface area contributed by atoms with E-state index < -0.39 is 0 Å². The van der Waals surface area contributed by atoms with Crippen LogP contribution in [0, 0.1) is 12.8 Å². The van der Waals surface area contributed by atoms with Crippen LogP contribution in [0.1, 0.15) is 37.0 Å². The summed E-state index contributed by atoms with van der Waals surface area (Å²) in [6.07, 6.45) is 2.35. The summed E-state index contributed by atoms with van der Waals surface area (Å²) in [5.74, 6) is 1.09. The molecule has 0 bridgehead atoms. The predicted molar refractivity (Wildman–Crippen MR) is 71.5 cm³/mol. The molecule has 1 aliphatic rings. The Morgan fingerprint density at radius 3 is 2.75 bits per heavy atom. The molecule has 0 aliphatic heterocycles. The molecule has 2 rings (SSSR count). The second-order valence-corrected chi connectivity index (χ2v) is 6.18. The summed E-state index contributed by atoms with van der Waals surface area (Å²) in [4.78, 5) is 0. The number of phenolic OH excluding ortho intramolecular Hbond substituents is 1. The quantitative estimate of drug-likeness (QED) is 0.815. The fraction of sp³-hybridized carbons (Fsp3) is 0.571. The van der Waals surface area contributed by atoms with E-state index in [1.54, 1.807) is 0 Å². The minimum atomic E-state index is 0.187. The number of alkyl halides is 1.